The Bertz CT molecular complexity index is 305. The molecule has 0 unspecified atom stereocenters. The molecule has 0 amide bonds. The van der Waals surface area contributed by atoms with E-state index in [1.165, 1.54) is 12.1 Å². The van der Waals surface area contributed by atoms with E-state index in [1.54, 1.807) is 12.1 Å². The van der Waals surface area contributed by atoms with Crippen molar-refractivity contribution in [2.24, 2.45) is 0 Å². The van der Waals surface area contributed by atoms with E-state index in [0.29, 0.717) is 0 Å². The van der Waals surface area contributed by atoms with Crippen LogP contribution in [-0.2, 0) is 4.79 Å². The summed E-state index contributed by atoms with van der Waals surface area (Å²) < 4.78 is 0. The van der Waals surface area contributed by atoms with Crippen molar-refractivity contribution < 1.29 is 14.7 Å². The summed E-state index contributed by atoms with van der Waals surface area (Å²) in [6.07, 6.45) is 0.741. The molecule has 0 saturated heterocycles. The molecule has 0 aliphatic heterocycles. The molecule has 0 spiro atoms. The lowest BCUT2D eigenvalue weighted by Crippen LogP contribution is -2.02. The fraction of sp³-hybridized carbons (Fsp3) is 0.111. The molecule has 0 aromatic heterocycles. The van der Waals surface area contributed by atoms with E-state index in [-0.39, 0.29) is 12.1 Å². The first kappa shape index (κ1) is 9.25. The summed E-state index contributed by atoms with van der Waals surface area (Å²) in [6.45, 7) is 0.229. The quantitative estimate of drug-likeness (QED) is 0.676. The van der Waals surface area contributed by atoms with E-state index < -0.39 is 5.97 Å². The molecule has 4 nitrogen and oxygen atoms in total. The van der Waals surface area contributed by atoms with Crippen molar-refractivity contribution in [1.82, 2.24) is 0 Å². The molecule has 0 heterocycles. The number of carboxylic acids is 1. The Morgan fingerprint density at radius 3 is 2.46 bits per heavy atom. The van der Waals surface area contributed by atoms with Crippen LogP contribution in [0, 0.1) is 0 Å². The van der Waals surface area contributed by atoms with E-state index in [9.17, 15) is 9.59 Å². The predicted octanol–water partition coefficient (Wildman–Crippen LogP) is 0.996. The van der Waals surface area contributed by atoms with E-state index in [2.05, 4.69) is 5.32 Å². The zero-order valence-electron chi connectivity index (χ0n) is 6.86. The van der Waals surface area contributed by atoms with E-state index >= 15 is 0 Å². The molecule has 0 atom stereocenters. The number of nitrogens with one attached hydrogen (secondary N) is 1. The van der Waals surface area contributed by atoms with Gasteiger partial charge in [0.25, 0.3) is 0 Å². The fourth-order valence-electron chi connectivity index (χ4n) is 0.890. The van der Waals surface area contributed by atoms with Crippen LogP contribution in [-0.4, -0.2) is 23.9 Å². The van der Waals surface area contributed by atoms with Gasteiger partial charge in [0.05, 0.1) is 12.1 Å². The summed E-state index contributed by atoms with van der Waals surface area (Å²) >= 11 is 0. The minimum Gasteiger partial charge on any atom is -0.478 e. The summed E-state index contributed by atoms with van der Waals surface area (Å²) in [6, 6.07) is 6.20. The minimum absolute atomic E-state index is 0.229. The first-order chi connectivity index (χ1) is 6.24. The van der Waals surface area contributed by atoms with Crippen molar-refractivity contribution in [2.75, 3.05) is 11.9 Å². The molecule has 0 aliphatic carbocycles. The molecule has 1 rings (SSSR count). The van der Waals surface area contributed by atoms with E-state index in [1.807, 2.05) is 0 Å². The number of benzene rings is 1. The van der Waals surface area contributed by atoms with Gasteiger partial charge in [0.15, 0.2) is 0 Å². The third-order valence-electron chi connectivity index (χ3n) is 1.52. The maximum absolute atomic E-state index is 10.4. The number of hydrogen-bond acceptors (Lipinski definition) is 3. The van der Waals surface area contributed by atoms with Crippen molar-refractivity contribution in [3.05, 3.63) is 29.8 Å². The van der Waals surface area contributed by atoms with Crippen molar-refractivity contribution in [2.45, 2.75) is 0 Å². The molecule has 0 aliphatic rings. The number of carboxylic acid groups (broad SMARTS) is 1. The molecule has 0 fully saturated rings. The van der Waals surface area contributed by atoms with Gasteiger partial charge in [-0.1, -0.05) is 0 Å². The molecule has 13 heavy (non-hydrogen) atoms. The van der Waals surface area contributed by atoms with Crippen LogP contribution < -0.4 is 5.32 Å². The van der Waals surface area contributed by atoms with Gasteiger partial charge in [-0.2, -0.15) is 0 Å². The Morgan fingerprint density at radius 1 is 1.38 bits per heavy atom. The Balaban J connectivity index is 2.69. The largest absolute Gasteiger partial charge is 0.478 e. The monoisotopic (exact) mass is 179 g/mol. The third-order valence-corrected chi connectivity index (χ3v) is 1.52. The van der Waals surface area contributed by atoms with Crippen LogP contribution in [0.25, 0.3) is 0 Å². The fourth-order valence-corrected chi connectivity index (χ4v) is 0.890. The van der Waals surface area contributed by atoms with Gasteiger partial charge in [0.2, 0.25) is 0 Å². The summed E-state index contributed by atoms with van der Waals surface area (Å²) in [4.78, 5) is 20.4. The van der Waals surface area contributed by atoms with Crippen LogP contribution in [0.5, 0.6) is 0 Å². The lowest BCUT2D eigenvalue weighted by atomic mass is 10.2. The van der Waals surface area contributed by atoms with Crippen molar-refractivity contribution in [1.29, 1.82) is 0 Å². The topological polar surface area (TPSA) is 66.4 Å². The predicted molar refractivity (Wildman–Crippen MR) is 48.0 cm³/mol. The average molecular weight is 179 g/mol. The Kier molecular flexibility index (Phi) is 3.03. The average Bonchev–Trinajstić information content (AvgIpc) is 2.15. The third kappa shape index (κ3) is 2.59. The van der Waals surface area contributed by atoms with Crippen LogP contribution in [0.15, 0.2) is 24.3 Å². The molecule has 4 heteroatoms. The maximum Gasteiger partial charge on any atom is 0.335 e. The van der Waals surface area contributed by atoms with Crippen LogP contribution in [0.2, 0.25) is 0 Å². The zero-order valence-corrected chi connectivity index (χ0v) is 6.86. The van der Waals surface area contributed by atoms with E-state index in [0.717, 1.165) is 12.0 Å². The molecular formula is C9H9NO3. The van der Waals surface area contributed by atoms with Gasteiger partial charge in [0.1, 0.15) is 6.29 Å². The number of carbonyl (C=O) groups excluding carboxylic acids is 1. The highest BCUT2D eigenvalue weighted by molar-refractivity contribution is 5.88. The van der Waals surface area contributed by atoms with Crippen molar-refractivity contribution in [3.8, 4) is 0 Å². The molecule has 1 aromatic rings. The molecular weight excluding hydrogens is 170 g/mol. The number of rotatable bonds is 4. The van der Waals surface area contributed by atoms with Gasteiger partial charge in [0, 0.05) is 5.69 Å². The van der Waals surface area contributed by atoms with Crippen molar-refractivity contribution in [3.63, 3.8) is 0 Å². The molecule has 0 saturated carbocycles. The van der Waals surface area contributed by atoms with Crippen LogP contribution in [0.1, 0.15) is 10.4 Å². The zero-order chi connectivity index (χ0) is 9.68. The summed E-state index contributed by atoms with van der Waals surface area (Å²) in [5.74, 6) is -0.957. The molecule has 68 valence electrons. The van der Waals surface area contributed by atoms with Gasteiger partial charge in [-0.15, -0.1) is 0 Å². The van der Waals surface area contributed by atoms with Gasteiger partial charge in [-0.3, -0.25) is 0 Å². The summed E-state index contributed by atoms with van der Waals surface area (Å²) in [5, 5.41) is 11.4. The van der Waals surface area contributed by atoms with Gasteiger partial charge in [-0.05, 0) is 24.3 Å². The van der Waals surface area contributed by atoms with Gasteiger partial charge < -0.3 is 15.2 Å². The maximum atomic E-state index is 10.4. The van der Waals surface area contributed by atoms with Crippen LogP contribution in [0.4, 0.5) is 5.69 Å². The van der Waals surface area contributed by atoms with Crippen molar-refractivity contribution >= 4 is 17.9 Å². The van der Waals surface area contributed by atoms with E-state index in [4.69, 9.17) is 5.11 Å². The number of aromatic carboxylic acids is 1. The van der Waals surface area contributed by atoms with Gasteiger partial charge in [-0.25, -0.2) is 4.79 Å². The Labute approximate surface area is 75.2 Å². The number of carbonyl (C=O) groups is 2. The first-order valence-electron chi connectivity index (χ1n) is 3.75. The Morgan fingerprint density at radius 2 is 2.00 bits per heavy atom. The molecule has 0 bridgehead atoms. The molecule has 1 aromatic carbocycles. The second kappa shape index (κ2) is 4.25. The SMILES string of the molecule is O=CCNc1ccc(C(=O)O)cc1. The lowest BCUT2D eigenvalue weighted by Gasteiger charge is -2.01. The second-order valence-corrected chi connectivity index (χ2v) is 2.43. The number of anilines is 1. The smallest absolute Gasteiger partial charge is 0.335 e. The molecule has 0 radical (unpaired) electrons. The van der Waals surface area contributed by atoms with Crippen LogP contribution in [0.3, 0.4) is 0 Å². The van der Waals surface area contributed by atoms with Crippen LogP contribution >= 0.6 is 0 Å². The minimum atomic E-state index is -0.957. The lowest BCUT2D eigenvalue weighted by molar-refractivity contribution is -0.106. The second-order valence-electron chi connectivity index (χ2n) is 2.43. The normalized spacial score (nSPS) is 9.23. The Hall–Kier alpha value is -1.84. The molecule has 2 N–H and O–H groups in total. The highest BCUT2D eigenvalue weighted by Crippen LogP contribution is 2.08. The number of hydrogen-bond donors (Lipinski definition) is 2. The highest BCUT2D eigenvalue weighted by atomic mass is 16.4. The standard InChI is InChI=1S/C9H9NO3/c11-6-5-10-8-3-1-7(2-4-8)9(12)13/h1-4,6,10H,5H2,(H,12,13). The first-order valence-corrected chi connectivity index (χ1v) is 3.75. The summed E-state index contributed by atoms with van der Waals surface area (Å²) in [5.41, 5.74) is 0.966. The van der Waals surface area contributed by atoms with Gasteiger partial charge >= 0.3 is 5.97 Å². The summed E-state index contributed by atoms with van der Waals surface area (Å²) in [7, 11) is 0. The highest BCUT2D eigenvalue weighted by Gasteiger charge is 2.00. The number of aldehydes is 1.